The van der Waals surface area contributed by atoms with Crippen molar-refractivity contribution >= 4 is 22.6 Å². The molecule has 0 atom stereocenters. The third-order valence-corrected chi connectivity index (χ3v) is 5.49. The number of para-hydroxylation sites is 1. The first-order valence-corrected chi connectivity index (χ1v) is 9.61. The van der Waals surface area contributed by atoms with Gasteiger partial charge in [-0.05, 0) is 62.2 Å². The number of hydrogen-bond donors (Lipinski definition) is 1. The molecule has 30 heavy (non-hydrogen) atoms. The summed E-state index contributed by atoms with van der Waals surface area (Å²) in [4.78, 5) is 30.4. The molecular formula is C23H19N5O2. The van der Waals surface area contributed by atoms with E-state index in [0.717, 1.165) is 16.9 Å². The lowest BCUT2D eigenvalue weighted by atomic mass is 10.1. The van der Waals surface area contributed by atoms with Crippen molar-refractivity contribution in [3.8, 4) is 5.69 Å². The van der Waals surface area contributed by atoms with E-state index in [2.05, 4.69) is 15.2 Å². The third kappa shape index (κ3) is 2.67. The van der Waals surface area contributed by atoms with Gasteiger partial charge < -0.3 is 0 Å². The van der Waals surface area contributed by atoms with Gasteiger partial charge in [0.2, 0.25) is 0 Å². The number of nitrogens with zero attached hydrogens (tertiary/aromatic N) is 4. The summed E-state index contributed by atoms with van der Waals surface area (Å²) in [7, 11) is 0. The van der Waals surface area contributed by atoms with Crippen molar-refractivity contribution in [3.05, 3.63) is 97.0 Å². The zero-order valence-electron chi connectivity index (χ0n) is 16.8. The maximum atomic E-state index is 13.1. The van der Waals surface area contributed by atoms with Gasteiger partial charge in [0.1, 0.15) is 0 Å². The number of hydrogen-bond acceptors (Lipinski definition) is 4. The summed E-state index contributed by atoms with van der Waals surface area (Å²) in [5.74, 6) is 0. The SMILES string of the molecule is Cc1ccc(-n2[nH]c(C)c(C=c3cnn4c(=O)c5ccccc5nc34)c2=O)cc1C. The second-order valence-corrected chi connectivity index (χ2v) is 7.47. The molecule has 0 amide bonds. The molecule has 5 aromatic rings. The van der Waals surface area contributed by atoms with E-state index in [1.807, 2.05) is 45.0 Å². The summed E-state index contributed by atoms with van der Waals surface area (Å²) >= 11 is 0. The molecule has 0 fully saturated rings. The number of fused-ring (bicyclic) bond motifs is 2. The van der Waals surface area contributed by atoms with Crippen molar-refractivity contribution in [3.63, 3.8) is 0 Å². The number of aromatic nitrogens is 5. The van der Waals surface area contributed by atoms with Gasteiger partial charge in [0.25, 0.3) is 11.1 Å². The van der Waals surface area contributed by atoms with E-state index >= 15 is 0 Å². The fourth-order valence-electron chi connectivity index (χ4n) is 3.63. The minimum atomic E-state index is -0.228. The summed E-state index contributed by atoms with van der Waals surface area (Å²) in [5.41, 5.74) is 4.91. The normalized spacial score (nSPS) is 12.3. The van der Waals surface area contributed by atoms with Crippen LogP contribution in [0.1, 0.15) is 22.4 Å². The Bertz CT molecular complexity index is 1620. The van der Waals surface area contributed by atoms with E-state index in [0.29, 0.717) is 27.3 Å². The zero-order valence-corrected chi connectivity index (χ0v) is 16.8. The fourth-order valence-corrected chi connectivity index (χ4v) is 3.63. The maximum Gasteiger partial charge on any atom is 0.282 e. The molecule has 0 aliphatic rings. The van der Waals surface area contributed by atoms with Gasteiger partial charge in [0.05, 0.1) is 28.4 Å². The Kier molecular flexibility index (Phi) is 3.92. The van der Waals surface area contributed by atoms with Crippen molar-refractivity contribution in [1.29, 1.82) is 0 Å². The van der Waals surface area contributed by atoms with Crippen molar-refractivity contribution in [2.24, 2.45) is 0 Å². The van der Waals surface area contributed by atoms with Gasteiger partial charge in [-0.1, -0.05) is 18.2 Å². The summed E-state index contributed by atoms with van der Waals surface area (Å²) in [6.07, 6.45) is 3.30. The minimum Gasteiger partial charge on any atom is -0.295 e. The van der Waals surface area contributed by atoms with Gasteiger partial charge in [-0.25, -0.2) is 9.67 Å². The van der Waals surface area contributed by atoms with E-state index < -0.39 is 0 Å². The van der Waals surface area contributed by atoms with Crippen LogP contribution in [-0.4, -0.2) is 24.4 Å². The Morgan fingerprint density at radius 3 is 2.57 bits per heavy atom. The van der Waals surface area contributed by atoms with Gasteiger partial charge in [-0.3, -0.25) is 14.7 Å². The Balaban J connectivity index is 1.73. The summed E-state index contributed by atoms with van der Waals surface area (Å²) in [5, 5.41) is 8.47. The zero-order chi connectivity index (χ0) is 21.0. The van der Waals surface area contributed by atoms with Crippen LogP contribution in [-0.2, 0) is 0 Å². The third-order valence-electron chi connectivity index (χ3n) is 5.49. The van der Waals surface area contributed by atoms with Crippen LogP contribution in [0, 0.1) is 20.8 Å². The highest BCUT2D eigenvalue weighted by atomic mass is 16.1. The van der Waals surface area contributed by atoms with Crippen LogP contribution in [0.3, 0.4) is 0 Å². The van der Waals surface area contributed by atoms with Crippen molar-refractivity contribution in [2.75, 3.05) is 0 Å². The first-order chi connectivity index (χ1) is 14.4. The highest BCUT2D eigenvalue weighted by Gasteiger charge is 2.13. The van der Waals surface area contributed by atoms with Crippen LogP contribution in [0.15, 0.2) is 58.3 Å². The van der Waals surface area contributed by atoms with Crippen molar-refractivity contribution < 1.29 is 0 Å². The molecule has 7 nitrogen and oxygen atoms in total. The smallest absolute Gasteiger partial charge is 0.282 e. The van der Waals surface area contributed by atoms with Gasteiger partial charge in [0, 0.05) is 10.9 Å². The molecule has 0 aliphatic carbocycles. The molecule has 0 spiro atoms. The fraction of sp³-hybridized carbons (Fsp3) is 0.130. The monoisotopic (exact) mass is 397 g/mol. The van der Waals surface area contributed by atoms with Gasteiger partial charge in [0.15, 0.2) is 5.65 Å². The number of aromatic amines is 1. The molecule has 3 aromatic heterocycles. The number of nitrogens with one attached hydrogen (secondary N) is 1. The molecule has 0 saturated heterocycles. The lowest BCUT2D eigenvalue weighted by Gasteiger charge is -2.05. The number of rotatable bonds is 2. The van der Waals surface area contributed by atoms with Crippen molar-refractivity contribution in [2.45, 2.75) is 20.8 Å². The maximum absolute atomic E-state index is 13.1. The standard InChI is InChI=1S/C23H19N5O2/c1-13-8-9-17(10-14(13)2)27-23(30)19(15(3)26-27)11-16-12-24-28-21(16)25-20-7-5-4-6-18(20)22(28)29/h4-12,26H,1-3H3. The summed E-state index contributed by atoms with van der Waals surface area (Å²) in [6, 6.07) is 13.0. The Morgan fingerprint density at radius 1 is 0.967 bits per heavy atom. The number of H-pyrrole nitrogens is 1. The largest absolute Gasteiger partial charge is 0.295 e. The van der Waals surface area contributed by atoms with Gasteiger partial charge >= 0.3 is 0 Å². The second-order valence-electron chi connectivity index (χ2n) is 7.47. The van der Waals surface area contributed by atoms with E-state index in [1.165, 1.54) is 14.8 Å². The molecule has 1 N–H and O–H groups in total. The second kappa shape index (κ2) is 6.52. The number of aryl methyl sites for hydroxylation is 3. The first kappa shape index (κ1) is 18.1. The van der Waals surface area contributed by atoms with Crippen LogP contribution < -0.4 is 16.3 Å². The molecule has 0 saturated carbocycles. The Morgan fingerprint density at radius 2 is 1.77 bits per heavy atom. The molecular weight excluding hydrogens is 378 g/mol. The molecule has 0 unspecified atom stereocenters. The average Bonchev–Trinajstić information content (AvgIpc) is 3.26. The van der Waals surface area contributed by atoms with E-state index in [-0.39, 0.29) is 11.1 Å². The molecule has 0 bridgehead atoms. The van der Waals surface area contributed by atoms with Gasteiger partial charge in [-0.15, -0.1) is 0 Å². The predicted octanol–water partition coefficient (Wildman–Crippen LogP) is 2.19. The lowest BCUT2D eigenvalue weighted by Crippen LogP contribution is -2.18. The van der Waals surface area contributed by atoms with Crippen LogP contribution in [0.2, 0.25) is 0 Å². The summed E-state index contributed by atoms with van der Waals surface area (Å²) in [6.45, 7) is 5.90. The van der Waals surface area contributed by atoms with Crippen LogP contribution >= 0.6 is 0 Å². The Hall–Kier alpha value is -4.00. The predicted molar refractivity (Wildman–Crippen MR) is 116 cm³/mol. The van der Waals surface area contributed by atoms with Gasteiger partial charge in [-0.2, -0.15) is 9.61 Å². The van der Waals surface area contributed by atoms with E-state index in [9.17, 15) is 9.59 Å². The van der Waals surface area contributed by atoms with Crippen LogP contribution in [0.4, 0.5) is 0 Å². The Labute approximate surface area is 170 Å². The van der Waals surface area contributed by atoms with Crippen molar-refractivity contribution in [1.82, 2.24) is 24.4 Å². The highest BCUT2D eigenvalue weighted by Crippen LogP contribution is 2.13. The van der Waals surface area contributed by atoms with Crippen LogP contribution in [0.5, 0.6) is 0 Å². The topological polar surface area (TPSA) is 85.0 Å². The molecule has 3 heterocycles. The molecule has 0 radical (unpaired) electrons. The molecule has 0 aliphatic heterocycles. The number of benzene rings is 2. The van der Waals surface area contributed by atoms with E-state index in [1.54, 1.807) is 30.5 Å². The minimum absolute atomic E-state index is 0.168. The quantitative estimate of drug-likeness (QED) is 0.495. The lowest BCUT2D eigenvalue weighted by molar-refractivity contribution is 0.833. The highest BCUT2D eigenvalue weighted by molar-refractivity contribution is 5.79. The molecule has 5 rings (SSSR count). The molecule has 148 valence electrons. The van der Waals surface area contributed by atoms with E-state index in [4.69, 9.17) is 0 Å². The average molecular weight is 397 g/mol. The molecule has 7 heteroatoms. The van der Waals surface area contributed by atoms with Crippen LogP contribution in [0.25, 0.3) is 28.3 Å². The first-order valence-electron chi connectivity index (χ1n) is 9.61. The summed E-state index contributed by atoms with van der Waals surface area (Å²) < 4.78 is 2.80. The molecule has 2 aromatic carbocycles.